The van der Waals surface area contributed by atoms with E-state index in [-0.39, 0.29) is 18.0 Å². The summed E-state index contributed by atoms with van der Waals surface area (Å²) in [4.78, 5) is 22.7. The van der Waals surface area contributed by atoms with Gasteiger partial charge in [0.1, 0.15) is 11.8 Å². The minimum absolute atomic E-state index is 0.0394. The summed E-state index contributed by atoms with van der Waals surface area (Å²) in [5.41, 5.74) is 12.8. The second-order valence-electron chi connectivity index (χ2n) is 5.71. The van der Waals surface area contributed by atoms with Crippen LogP contribution in [0.4, 0.5) is 10.5 Å². The second kappa shape index (κ2) is 7.92. The number of hydrogen-bond donors (Lipinski definition) is 3. The van der Waals surface area contributed by atoms with Crippen molar-refractivity contribution in [2.45, 2.75) is 0 Å². The number of nitrogens with two attached hydrogens (primary N) is 2. The van der Waals surface area contributed by atoms with Gasteiger partial charge >= 0.3 is 6.03 Å². The normalized spacial score (nSPS) is 10.1. The zero-order chi connectivity index (χ0) is 20.1. The van der Waals surface area contributed by atoms with Crippen LogP contribution in [0.3, 0.4) is 0 Å². The fourth-order valence-corrected chi connectivity index (χ4v) is 2.62. The molecule has 3 amide bonds. The Morgan fingerprint density at radius 1 is 1.14 bits per heavy atom. The maximum absolute atomic E-state index is 11.6. The summed E-state index contributed by atoms with van der Waals surface area (Å²) in [6, 6.07) is 15.7. The number of nitrogens with one attached hydrogen (secondary N) is 1. The van der Waals surface area contributed by atoms with Crippen LogP contribution in [-0.2, 0) is 0 Å². The molecule has 3 rings (SSSR count). The molecular weight excluding hydrogens is 360 g/mol. The minimum Gasteiger partial charge on any atom is -0.479 e. The van der Waals surface area contributed by atoms with E-state index in [1.165, 1.54) is 10.9 Å². The Labute approximate surface area is 160 Å². The van der Waals surface area contributed by atoms with Crippen molar-refractivity contribution in [2.24, 2.45) is 11.5 Å². The largest absolute Gasteiger partial charge is 0.479 e. The van der Waals surface area contributed by atoms with Gasteiger partial charge < -0.3 is 21.5 Å². The number of nitriles is 1. The van der Waals surface area contributed by atoms with Crippen molar-refractivity contribution in [3.8, 4) is 28.6 Å². The van der Waals surface area contributed by atoms with Crippen molar-refractivity contribution in [3.05, 3.63) is 60.4 Å². The maximum atomic E-state index is 11.6. The van der Waals surface area contributed by atoms with Crippen molar-refractivity contribution in [3.63, 3.8) is 0 Å². The van der Waals surface area contributed by atoms with Crippen molar-refractivity contribution >= 4 is 17.6 Å². The topological polar surface area (TPSA) is 149 Å². The van der Waals surface area contributed by atoms with Gasteiger partial charge in [-0.25, -0.2) is 9.48 Å². The highest BCUT2D eigenvalue weighted by Crippen LogP contribution is 2.26. The summed E-state index contributed by atoms with van der Waals surface area (Å²) in [6.07, 6.45) is 1.45. The number of carbonyl (C=O) groups is 2. The van der Waals surface area contributed by atoms with Gasteiger partial charge in [-0.15, -0.1) is 0 Å². The van der Waals surface area contributed by atoms with Gasteiger partial charge in [-0.05, 0) is 35.4 Å². The average molecular weight is 376 g/mol. The van der Waals surface area contributed by atoms with Crippen LogP contribution < -0.4 is 21.5 Å². The molecule has 0 spiro atoms. The summed E-state index contributed by atoms with van der Waals surface area (Å²) in [7, 11) is 0. The van der Waals surface area contributed by atoms with Crippen molar-refractivity contribution < 1.29 is 14.3 Å². The van der Waals surface area contributed by atoms with Crippen LogP contribution in [0.2, 0.25) is 0 Å². The van der Waals surface area contributed by atoms with Gasteiger partial charge in [-0.2, -0.15) is 10.4 Å². The molecule has 0 radical (unpaired) electrons. The Morgan fingerprint density at radius 3 is 2.54 bits per heavy atom. The van der Waals surface area contributed by atoms with Crippen molar-refractivity contribution in [1.29, 1.82) is 5.26 Å². The van der Waals surface area contributed by atoms with Crippen LogP contribution in [0.1, 0.15) is 10.5 Å². The van der Waals surface area contributed by atoms with Crippen LogP contribution in [0.25, 0.3) is 16.8 Å². The van der Waals surface area contributed by atoms with E-state index in [1.807, 2.05) is 42.5 Å². The smallest absolute Gasteiger partial charge is 0.316 e. The molecule has 0 aliphatic rings. The molecule has 3 aromatic rings. The quantitative estimate of drug-likeness (QED) is 0.602. The van der Waals surface area contributed by atoms with Gasteiger partial charge in [0.2, 0.25) is 0 Å². The first-order valence-corrected chi connectivity index (χ1v) is 8.14. The number of nitrogens with zero attached hydrogens (tertiary/aromatic N) is 3. The lowest BCUT2D eigenvalue weighted by molar-refractivity contribution is 0.0996. The number of aromatic nitrogens is 2. The molecule has 0 aliphatic heterocycles. The highest BCUT2D eigenvalue weighted by molar-refractivity contribution is 6.00. The van der Waals surface area contributed by atoms with Gasteiger partial charge in [0.05, 0.1) is 17.6 Å². The van der Waals surface area contributed by atoms with Gasteiger partial charge in [-0.1, -0.05) is 24.3 Å². The molecule has 2 aromatic carbocycles. The Balaban J connectivity index is 1.97. The van der Waals surface area contributed by atoms with E-state index in [0.29, 0.717) is 11.4 Å². The fraction of sp³-hybridized carbons (Fsp3) is 0.0526. The molecule has 5 N–H and O–H groups in total. The molecule has 0 atom stereocenters. The number of carbonyl (C=O) groups excluding carboxylic acids is 2. The van der Waals surface area contributed by atoms with E-state index in [1.54, 1.807) is 12.1 Å². The molecule has 1 heterocycles. The molecular formula is C19H16N6O3. The molecule has 140 valence electrons. The SMILES string of the molecule is N#CCOc1cccc(-c2cccc(-n3cc(NC(N)=O)c(C(N)=O)n3)c2)c1. The third-order valence-corrected chi connectivity index (χ3v) is 3.79. The van der Waals surface area contributed by atoms with E-state index in [0.717, 1.165) is 11.1 Å². The Hall–Kier alpha value is -4.32. The van der Waals surface area contributed by atoms with Crippen LogP contribution in [-0.4, -0.2) is 28.3 Å². The number of anilines is 1. The molecule has 9 nitrogen and oxygen atoms in total. The summed E-state index contributed by atoms with van der Waals surface area (Å²) in [5, 5.41) is 15.1. The number of benzene rings is 2. The first-order chi connectivity index (χ1) is 13.5. The van der Waals surface area contributed by atoms with Gasteiger partial charge in [0.15, 0.2) is 12.3 Å². The first kappa shape index (κ1) is 18.5. The van der Waals surface area contributed by atoms with Crippen molar-refractivity contribution in [2.75, 3.05) is 11.9 Å². The van der Waals surface area contributed by atoms with E-state index in [9.17, 15) is 9.59 Å². The lowest BCUT2D eigenvalue weighted by atomic mass is 10.0. The Morgan fingerprint density at radius 2 is 1.86 bits per heavy atom. The molecule has 0 bridgehead atoms. The molecule has 0 saturated heterocycles. The standard InChI is InChI=1S/C19H16N6O3/c20-7-8-28-15-6-2-4-13(10-15)12-3-1-5-14(9-12)25-11-16(23-19(22)27)17(24-25)18(21)26/h1-6,9-11H,8H2,(H2,21,26)(H3,22,23,27). The number of primary amides is 2. The van der Waals surface area contributed by atoms with Crippen LogP contribution in [0, 0.1) is 11.3 Å². The third kappa shape index (κ3) is 4.08. The molecule has 28 heavy (non-hydrogen) atoms. The zero-order valence-electron chi connectivity index (χ0n) is 14.6. The van der Waals surface area contributed by atoms with Gasteiger partial charge in [-0.3, -0.25) is 4.79 Å². The summed E-state index contributed by atoms with van der Waals surface area (Å²) in [6.45, 7) is -0.0394. The first-order valence-electron chi connectivity index (χ1n) is 8.14. The highest BCUT2D eigenvalue weighted by Gasteiger charge is 2.16. The highest BCUT2D eigenvalue weighted by atomic mass is 16.5. The molecule has 0 unspecified atom stereocenters. The average Bonchev–Trinajstić information content (AvgIpc) is 3.10. The molecule has 0 aliphatic carbocycles. The minimum atomic E-state index is -0.829. The molecule has 9 heteroatoms. The lowest BCUT2D eigenvalue weighted by Gasteiger charge is -2.08. The Bertz CT molecular complexity index is 1080. The number of amides is 3. The van der Waals surface area contributed by atoms with Gasteiger partial charge in [0.25, 0.3) is 5.91 Å². The summed E-state index contributed by atoms with van der Waals surface area (Å²) >= 11 is 0. The van der Waals surface area contributed by atoms with Crippen molar-refractivity contribution in [1.82, 2.24) is 9.78 Å². The predicted octanol–water partition coefficient (Wildman–Crippen LogP) is 2.03. The Kier molecular flexibility index (Phi) is 5.23. The monoisotopic (exact) mass is 376 g/mol. The van der Waals surface area contributed by atoms with E-state index < -0.39 is 11.9 Å². The zero-order valence-corrected chi connectivity index (χ0v) is 14.6. The number of hydrogen-bond acceptors (Lipinski definition) is 5. The number of ether oxygens (including phenoxy) is 1. The summed E-state index contributed by atoms with van der Waals surface area (Å²) in [5.74, 6) is -0.214. The fourth-order valence-electron chi connectivity index (χ4n) is 2.62. The number of rotatable bonds is 6. The molecule has 0 saturated carbocycles. The lowest BCUT2D eigenvalue weighted by Crippen LogP contribution is -2.22. The van der Waals surface area contributed by atoms with E-state index in [2.05, 4.69) is 10.4 Å². The summed E-state index contributed by atoms with van der Waals surface area (Å²) < 4.78 is 6.75. The maximum Gasteiger partial charge on any atom is 0.316 e. The molecule has 0 fully saturated rings. The van der Waals surface area contributed by atoms with E-state index >= 15 is 0 Å². The number of urea groups is 1. The van der Waals surface area contributed by atoms with Crippen LogP contribution in [0.5, 0.6) is 5.75 Å². The van der Waals surface area contributed by atoms with Gasteiger partial charge in [0, 0.05) is 0 Å². The predicted molar refractivity (Wildman–Crippen MR) is 102 cm³/mol. The van der Waals surface area contributed by atoms with Crippen LogP contribution in [0.15, 0.2) is 54.7 Å². The van der Waals surface area contributed by atoms with Crippen LogP contribution >= 0.6 is 0 Å². The third-order valence-electron chi connectivity index (χ3n) is 3.79. The van der Waals surface area contributed by atoms with E-state index in [4.69, 9.17) is 21.5 Å². The molecule has 1 aromatic heterocycles. The second-order valence-corrected chi connectivity index (χ2v) is 5.71.